The van der Waals surface area contributed by atoms with Crippen LogP contribution in [0.3, 0.4) is 0 Å². The van der Waals surface area contributed by atoms with Gasteiger partial charge in [-0.3, -0.25) is 9.59 Å². The van der Waals surface area contributed by atoms with Gasteiger partial charge in [-0.25, -0.2) is 0 Å². The van der Waals surface area contributed by atoms with Crippen LogP contribution in [0.25, 0.3) is 0 Å². The van der Waals surface area contributed by atoms with Crippen molar-refractivity contribution in [1.29, 1.82) is 0 Å². The minimum absolute atomic E-state index is 0.101. The molecule has 1 heterocycles. The number of carbonyl (C=O) groups excluding carboxylic acids is 2. The fraction of sp³-hybridized carbons (Fsp3) is 0.300. The summed E-state index contributed by atoms with van der Waals surface area (Å²) < 4.78 is 5.22. The number of benzene rings is 2. The number of aryl methyl sites for hydroxylation is 1. The summed E-state index contributed by atoms with van der Waals surface area (Å²) in [7, 11) is 1.52. The Bertz CT molecular complexity index is 788. The molecule has 0 aliphatic carbocycles. The Balaban J connectivity index is 1.74. The maximum Gasteiger partial charge on any atom is 0.255 e. The first-order valence-electron chi connectivity index (χ1n) is 8.45. The predicted molar refractivity (Wildman–Crippen MR) is 97.0 cm³/mol. The Kier molecular flexibility index (Phi) is 5.03. The average molecular weight is 338 g/mol. The van der Waals surface area contributed by atoms with Gasteiger partial charge in [-0.2, -0.15) is 0 Å². The van der Waals surface area contributed by atoms with Gasteiger partial charge in [-0.1, -0.05) is 30.3 Å². The van der Waals surface area contributed by atoms with E-state index in [9.17, 15) is 9.59 Å². The quantitative estimate of drug-likeness (QED) is 0.932. The van der Waals surface area contributed by atoms with E-state index in [1.54, 1.807) is 36.1 Å². The standard InChI is InChI=1S/C20H22N2O3/c1-14(21-19(23)16-10-4-6-12-18(16)25-2)20(24)22-13-7-9-15-8-3-5-11-17(15)22/h3-6,8,10-12,14H,7,9,13H2,1-2H3,(H,21,23). The van der Waals surface area contributed by atoms with Gasteiger partial charge in [-0.15, -0.1) is 0 Å². The SMILES string of the molecule is COc1ccccc1C(=O)NC(C)C(=O)N1CCCc2ccccc21. The molecule has 0 fully saturated rings. The Labute approximate surface area is 147 Å². The van der Waals surface area contributed by atoms with Crippen molar-refractivity contribution in [3.8, 4) is 5.75 Å². The molecule has 0 radical (unpaired) electrons. The maximum atomic E-state index is 12.9. The Morgan fingerprint density at radius 2 is 1.84 bits per heavy atom. The number of nitrogens with one attached hydrogen (secondary N) is 1. The lowest BCUT2D eigenvalue weighted by Gasteiger charge is -2.31. The van der Waals surface area contributed by atoms with E-state index in [1.807, 2.05) is 24.3 Å². The van der Waals surface area contributed by atoms with Crippen LogP contribution in [-0.2, 0) is 11.2 Å². The normalized spacial score (nSPS) is 14.4. The molecule has 130 valence electrons. The summed E-state index contributed by atoms with van der Waals surface area (Å²) in [6, 6.07) is 14.3. The maximum absolute atomic E-state index is 12.9. The number of hydrogen-bond acceptors (Lipinski definition) is 3. The molecule has 1 aliphatic heterocycles. The van der Waals surface area contributed by atoms with Crippen molar-refractivity contribution in [3.63, 3.8) is 0 Å². The number of ether oxygens (including phenoxy) is 1. The molecule has 3 rings (SSSR count). The molecule has 1 atom stereocenters. The van der Waals surface area contributed by atoms with E-state index >= 15 is 0 Å². The molecule has 2 amide bonds. The predicted octanol–water partition coefficient (Wildman–Crippen LogP) is 2.79. The van der Waals surface area contributed by atoms with Crippen molar-refractivity contribution in [2.75, 3.05) is 18.6 Å². The minimum atomic E-state index is -0.622. The second kappa shape index (κ2) is 7.38. The zero-order valence-corrected chi connectivity index (χ0v) is 14.5. The zero-order chi connectivity index (χ0) is 17.8. The van der Waals surface area contributed by atoms with Crippen LogP contribution in [0.5, 0.6) is 5.75 Å². The third kappa shape index (κ3) is 3.50. The Hall–Kier alpha value is -2.82. The summed E-state index contributed by atoms with van der Waals surface area (Å²) in [6.07, 6.45) is 1.90. The molecule has 0 spiro atoms. The van der Waals surface area contributed by atoms with Gasteiger partial charge in [0.15, 0.2) is 0 Å². The molecular weight excluding hydrogens is 316 g/mol. The summed E-state index contributed by atoms with van der Waals surface area (Å²) in [4.78, 5) is 27.1. The van der Waals surface area contributed by atoms with Gasteiger partial charge in [0.1, 0.15) is 11.8 Å². The summed E-state index contributed by atoms with van der Waals surface area (Å²) in [5, 5.41) is 2.79. The third-order valence-electron chi connectivity index (χ3n) is 4.45. The highest BCUT2D eigenvalue weighted by Gasteiger charge is 2.27. The fourth-order valence-corrected chi connectivity index (χ4v) is 3.16. The molecule has 0 aromatic heterocycles. The molecule has 1 aliphatic rings. The molecular formula is C20H22N2O3. The van der Waals surface area contributed by atoms with Crippen LogP contribution < -0.4 is 15.0 Å². The minimum Gasteiger partial charge on any atom is -0.496 e. The second-order valence-electron chi connectivity index (χ2n) is 6.12. The van der Waals surface area contributed by atoms with Gasteiger partial charge < -0.3 is 15.0 Å². The molecule has 0 saturated heterocycles. The number of carbonyl (C=O) groups is 2. The van der Waals surface area contributed by atoms with Crippen molar-refractivity contribution in [2.24, 2.45) is 0 Å². The first kappa shape index (κ1) is 17.0. The van der Waals surface area contributed by atoms with Gasteiger partial charge in [0.25, 0.3) is 5.91 Å². The van der Waals surface area contributed by atoms with Crippen molar-refractivity contribution in [3.05, 3.63) is 59.7 Å². The van der Waals surface area contributed by atoms with Crippen LogP contribution in [0.15, 0.2) is 48.5 Å². The molecule has 2 aromatic rings. The zero-order valence-electron chi connectivity index (χ0n) is 14.5. The van der Waals surface area contributed by atoms with Gasteiger partial charge in [0.05, 0.1) is 12.7 Å². The Morgan fingerprint density at radius 3 is 2.64 bits per heavy atom. The number of fused-ring (bicyclic) bond motifs is 1. The topological polar surface area (TPSA) is 58.6 Å². The van der Waals surface area contributed by atoms with E-state index in [-0.39, 0.29) is 11.8 Å². The van der Waals surface area contributed by atoms with Gasteiger partial charge in [0.2, 0.25) is 5.91 Å². The number of amides is 2. The summed E-state index contributed by atoms with van der Waals surface area (Å²) >= 11 is 0. The Morgan fingerprint density at radius 1 is 1.12 bits per heavy atom. The molecule has 5 heteroatoms. The third-order valence-corrected chi connectivity index (χ3v) is 4.45. The number of para-hydroxylation sites is 2. The lowest BCUT2D eigenvalue weighted by atomic mass is 10.0. The van der Waals surface area contributed by atoms with Crippen LogP contribution in [0, 0.1) is 0 Å². The highest BCUT2D eigenvalue weighted by molar-refractivity contribution is 6.03. The van der Waals surface area contributed by atoms with Gasteiger partial charge in [-0.05, 0) is 43.5 Å². The molecule has 0 saturated carbocycles. The van der Waals surface area contributed by atoms with Crippen LogP contribution in [0.2, 0.25) is 0 Å². The van der Waals surface area contributed by atoms with E-state index < -0.39 is 6.04 Å². The van der Waals surface area contributed by atoms with Gasteiger partial charge in [0, 0.05) is 12.2 Å². The van der Waals surface area contributed by atoms with Crippen molar-refractivity contribution < 1.29 is 14.3 Å². The monoisotopic (exact) mass is 338 g/mol. The summed E-state index contributed by atoms with van der Waals surface area (Å²) in [5.74, 6) is 0.0713. The highest BCUT2D eigenvalue weighted by atomic mass is 16.5. The van der Waals surface area contributed by atoms with Crippen LogP contribution in [0.1, 0.15) is 29.3 Å². The number of anilines is 1. The molecule has 0 bridgehead atoms. The van der Waals surface area contributed by atoms with Crippen molar-refractivity contribution in [2.45, 2.75) is 25.8 Å². The number of rotatable bonds is 4. The van der Waals surface area contributed by atoms with Crippen LogP contribution in [-0.4, -0.2) is 31.5 Å². The van der Waals surface area contributed by atoms with E-state index in [2.05, 4.69) is 5.32 Å². The molecule has 5 nitrogen and oxygen atoms in total. The number of nitrogens with zero attached hydrogens (tertiary/aromatic N) is 1. The van der Waals surface area contributed by atoms with Crippen molar-refractivity contribution >= 4 is 17.5 Å². The van der Waals surface area contributed by atoms with E-state index in [0.717, 1.165) is 18.5 Å². The summed E-state index contributed by atoms with van der Waals surface area (Å²) in [5.41, 5.74) is 2.53. The lowest BCUT2D eigenvalue weighted by Crippen LogP contribution is -2.48. The highest BCUT2D eigenvalue weighted by Crippen LogP contribution is 2.27. The smallest absolute Gasteiger partial charge is 0.255 e. The molecule has 1 N–H and O–H groups in total. The molecule has 2 aromatic carbocycles. The first-order valence-corrected chi connectivity index (χ1v) is 8.45. The fourth-order valence-electron chi connectivity index (χ4n) is 3.16. The first-order chi connectivity index (χ1) is 12.1. The van der Waals surface area contributed by atoms with Crippen LogP contribution in [0.4, 0.5) is 5.69 Å². The van der Waals surface area contributed by atoms with E-state index in [0.29, 0.717) is 17.9 Å². The molecule has 1 unspecified atom stereocenters. The second-order valence-corrected chi connectivity index (χ2v) is 6.12. The number of hydrogen-bond donors (Lipinski definition) is 1. The van der Waals surface area contributed by atoms with Crippen LogP contribution >= 0.6 is 0 Å². The van der Waals surface area contributed by atoms with Crippen molar-refractivity contribution in [1.82, 2.24) is 5.32 Å². The number of methoxy groups -OCH3 is 1. The van der Waals surface area contributed by atoms with E-state index in [4.69, 9.17) is 4.74 Å². The van der Waals surface area contributed by atoms with E-state index in [1.165, 1.54) is 12.7 Å². The average Bonchev–Trinajstić information content (AvgIpc) is 2.66. The largest absolute Gasteiger partial charge is 0.496 e. The van der Waals surface area contributed by atoms with Gasteiger partial charge >= 0.3 is 0 Å². The summed E-state index contributed by atoms with van der Waals surface area (Å²) in [6.45, 7) is 2.39. The molecule has 25 heavy (non-hydrogen) atoms. The lowest BCUT2D eigenvalue weighted by molar-refractivity contribution is -0.120.